The van der Waals surface area contributed by atoms with Crippen LogP contribution in [0.5, 0.6) is 0 Å². The molecule has 2 rings (SSSR count). The summed E-state index contributed by atoms with van der Waals surface area (Å²) in [5.74, 6) is -0.908. The van der Waals surface area contributed by atoms with E-state index in [1.165, 1.54) is 35.3 Å². The lowest BCUT2D eigenvalue weighted by Gasteiger charge is -2.13. The fourth-order valence-corrected chi connectivity index (χ4v) is 5.45. The zero-order valence-corrected chi connectivity index (χ0v) is 14.0. The molecule has 0 atom stereocenters. The van der Waals surface area contributed by atoms with Gasteiger partial charge in [0.1, 0.15) is 9.23 Å². The molecule has 0 saturated carbocycles. The quantitative estimate of drug-likeness (QED) is 0.602. The highest BCUT2D eigenvalue weighted by molar-refractivity contribution is 8.31. The number of amides is 1. The summed E-state index contributed by atoms with van der Waals surface area (Å²) < 4.78 is 1.44. The maximum Gasteiger partial charge on any atom is 0.308 e. The van der Waals surface area contributed by atoms with E-state index < -0.39 is 5.97 Å². The predicted octanol–water partition coefficient (Wildman–Crippen LogP) is 3.61. The summed E-state index contributed by atoms with van der Waals surface area (Å²) in [6, 6.07) is 0. The molecule has 0 bridgehead atoms. The van der Waals surface area contributed by atoms with Gasteiger partial charge in [-0.25, -0.2) is 0 Å². The van der Waals surface area contributed by atoms with Crippen molar-refractivity contribution < 1.29 is 14.7 Å². The van der Waals surface area contributed by atoms with Crippen LogP contribution in [0.1, 0.15) is 26.2 Å². The van der Waals surface area contributed by atoms with Crippen LogP contribution < -0.4 is 0 Å². The first-order chi connectivity index (χ1) is 9.52. The first-order valence-corrected chi connectivity index (χ1v) is 8.98. The number of carbonyl (C=O) groups is 2. The smallest absolute Gasteiger partial charge is 0.308 e. The molecule has 20 heavy (non-hydrogen) atoms. The van der Waals surface area contributed by atoms with E-state index in [2.05, 4.69) is 6.92 Å². The van der Waals surface area contributed by atoms with E-state index in [0.717, 1.165) is 22.0 Å². The molecule has 1 saturated heterocycles. The monoisotopic (exact) mass is 347 g/mol. The SMILES string of the molecule is CCCCN1C(=O)C(=C2SC=C(CC(=O)O)S2)SC1=S. The van der Waals surface area contributed by atoms with Gasteiger partial charge in [-0.2, -0.15) is 0 Å². The van der Waals surface area contributed by atoms with Crippen LogP contribution in [0.2, 0.25) is 0 Å². The van der Waals surface area contributed by atoms with Crippen molar-refractivity contribution >= 4 is 63.7 Å². The zero-order chi connectivity index (χ0) is 14.7. The molecule has 2 aliphatic rings. The lowest BCUT2D eigenvalue weighted by Crippen LogP contribution is -2.29. The number of carboxylic acid groups (broad SMARTS) is 1. The molecular weight excluding hydrogens is 334 g/mol. The molecule has 0 aromatic carbocycles. The van der Waals surface area contributed by atoms with Gasteiger partial charge in [0.05, 0.1) is 10.7 Å². The Morgan fingerprint density at radius 1 is 1.45 bits per heavy atom. The normalized spacial score (nSPS) is 22.6. The molecule has 8 heteroatoms. The molecule has 2 aliphatic heterocycles. The van der Waals surface area contributed by atoms with Crippen molar-refractivity contribution in [2.45, 2.75) is 26.2 Å². The third kappa shape index (κ3) is 3.60. The van der Waals surface area contributed by atoms with Crippen molar-refractivity contribution in [3.63, 3.8) is 0 Å². The van der Waals surface area contributed by atoms with Crippen LogP contribution in [0, 0.1) is 0 Å². The van der Waals surface area contributed by atoms with E-state index in [1.807, 2.05) is 0 Å². The second-order valence-corrected chi connectivity index (χ2v) is 8.09. The summed E-state index contributed by atoms with van der Waals surface area (Å²) in [4.78, 5) is 26.1. The Morgan fingerprint density at radius 3 is 2.85 bits per heavy atom. The number of carboxylic acids is 1. The number of hydrogen-bond donors (Lipinski definition) is 1. The Balaban J connectivity index is 2.07. The number of hydrogen-bond acceptors (Lipinski definition) is 6. The second kappa shape index (κ2) is 7.02. The maximum absolute atomic E-state index is 12.3. The standard InChI is InChI=1S/C12H13NO3S4/c1-2-3-4-13-10(16)9(20-12(13)17)11-18-6-7(19-11)5-8(14)15/h6H,2-5H2,1H3,(H,14,15). The molecule has 0 aliphatic carbocycles. The highest BCUT2D eigenvalue weighted by atomic mass is 32.2. The topological polar surface area (TPSA) is 57.6 Å². The number of carbonyl (C=O) groups excluding carboxylic acids is 1. The average molecular weight is 348 g/mol. The van der Waals surface area contributed by atoms with E-state index in [9.17, 15) is 9.59 Å². The predicted molar refractivity (Wildman–Crippen MR) is 89.4 cm³/mol. The van der Waals surface area contributed by atoms with Crippen molar-refractivity contribution in [2.24, 2.45) is 0 Å². The average Bonchev–Trinajstić information content (AvgIpc) is 2.93. The summed E-state index contributed by atoms with van der Waals surface area (Å²) in [6.07, 6.45) is 1.94. The van der Waals surface area contributed by atoms with Crippen LogP contribution >= 0.6 is 47.5 Å². The van der Waals surface area contributed by atoms with Crippen LogP contribution in [0.3, 0.4) is 0 Å². The fourth-order valence-electron chi connectivity index (χ4n) is 1.64. The summed E-state index contributed by atoms with van der Waals surface area (Å²) in [6.45, 7) is 2.73. The number of nitrogens with zero attached hydrogens (tertiary/aromatic N) is 1. The number of thioether (sulfide) groups is 3. The van der Waals surface area contributed by atoms with Gasteiger partial charge in [0, 0.05) is 11.4 Å². The van der Waals surface area contributed by atoms with E-state index >= 15 is 0 Å². The summed E-state index contributed by atoms with van der Waals surface area (Å²) in [7, 11) is 0. The minimum atomic E-state index is -0.860. The van der Waals surface area contributed by atoms with Gasteiger partial charge >= 0.3 is 5.97 Å². The Morgan fingerprint density at radius 2 is 2.20 bits per heavy atom. The van der Waals surface area contributed by atoms with E-state index in [0.29, 0.717) is 15.8 Å². The van der Waals surface area contributed by atoms with Gasteiger partial charge in [-0.05, 0) is 11.8 Å². The molecule has 1 fully saturated rings. The van der Waals surface area contributed by atoms with Crippen LogP contribution in [-0.2, 0) is 9.59 Å². The van der Waals surface area contributed by atoms with E-state index in [4.69, 9.17) is 17.3 Å². The van der Waals surface area contributed by atoms with E-state index in [1.54, 1.807) is 10.3 Å². The highest BCUT2D eigenvalue weighted by Crippen LogP contribution is 2.50. The minimum Gasteiger partial charge on any atom is -0.481 e. The molecular formula is C12H13NO3S4. The maximum atomic E-state index is 12.3. The van der Waals surface area contributed by atoms with Gasteiger partial charge in [-0.3, -0.25) is 14.5 Å². The first kappa shape index (κ1) is 15.9. The van der Waals surface area contributed by atoms with Crippen LogP contribution in [0.15, 0.2) is 19.5 Å². The van der Waals surface area contributed by atoms with Gasteiger partial charge in [-0.15, -0.1) is 0 Å². The Hall–Kier alpha value is -0.440. The number of unbranched alkanes of at least 4 members (excludes halogenated alkanes) is 1. The van der Waals surface area contributed by atoms with Gasteiger partial charge in [0.2, 0.25) is 0 Å². The molecule has 108 valence electrons. The fraction of sp³-hybridized carbons (Fsp3) is 0.417. The highest BCUT2D eigenvalue weighted by Gasteiger charge is 2.35. The molecule has 4 nitrogen and oxygen atoms in total. The Kier molecular flexibility index (Phi) is 5.59. The van der Waals surface area contributed by atoms with Crippen molar-refractivity contribution in [2.75, 3.05) is 6.54 Å². The van der Waals surface area contributed by atoms with Crippen molar-refractivity contribution in [3.05, 3.63) is 19.5 Å². The molecule has 1 N–H and O–H groups in total. The van der Waals surface area contributed by atoms with Gasteiger partial charge in [0.25, 0.3) is 5.91 Å². The van der Waals surface area contributed by atoms with Gasteiger partial charge in [-0.1, -0.05) is 60.8 Å². The van der Waals surface area contributed by atoms with Crippen LogP contribution in [0.4, 0.5) is 0 Å². The molecule has 2 heterocycles. The summed E-state index contributed by atoms with van der Waals surface area (Å²) >= 11 is 9.34. The lowest BCUT2D eigenvalue weighted by atomic mass is 10.3. The van der Waals surface area contributed by atoms with Crippen molar-refractivity contribution in [3.8, 4) is 0 Å². The van der Waals surface area contributed by atoms with Crippen LogP contribution in [-0.4, -0.2) is 32.7 Å². The van der Waals surface area contributed by atoms with Crippen LogP contribution in [0.25, 0.3) is 0 Å². The molecule has 0 radical (unpaired) electrons. The largest absolute Gasteiger partial charge is 0.481 e. The summed E-state index contributed by atoms with van der Waals surface area (Å²) in [5, 5.41) is 10.6. The Labute approximate surface area is 135 Å². The summed E-state index contributed by atoms with van der Waals surface area (Å²) in [5.41, 5.74) is 0. The Bertz CT molecular complexity index is 527. The van der Waals surface area contributed by atoms with E-state index in [-0.39, 0.29) is 12.3 Å². The van der Waals surface area contributed by atoms with Gasteiger partial charge < -0.3 is 5.11 Å². The molecule has 1 amide bonds. The number of aliphatic carboxylic acids is 1. The first-order valence-electron chi connectivity index (χ1n) is 6.06. The minimum absolute atomic E-state index is 0.00268. The molecule has 0 spiro atoms. The number of thiocarbonyl (C=S) groups is 1. The zero-order valence-electron chi connectivity index (χ0n) is 10.7. The molecule has 0 aromatic heterocycles. The second-order valence-electron chi connectivity index (χ2n) is 4.17. The third-order valence-corrected chi connectivity index (χ3v) is 6.75. The third-order valence-electron chi connectivity index (χ3n) is 2.62. The number of rotatable bonds is 5. The van der Waals surface area contributed by atoms with Gasteiger partial charge in [0.15, 0.2) is 0 Å². The molecule has 0 unspecified atom stereocenters. The van der Waals surface area contributed by atoms with Crippen molar-refractivity contribution in [1.29, 1.82) is 0 Å². The lowest BCUT2D eigenvalue weighted by molar-refractivity contribution is -0.136. The molecule has 0 aromatic rings. The van der Waals surface area contributed by atoms with Crippen molar-refractivity contribution in [1.82, 2.24) is 4.90 Å².